The van der Waals surface area contributed by atoms with Crippen molar-refractivity contribution in [3.05, 3.63) is 35.4 Å². The summed E-state index contributed by atoms with van der Waals surface area (Å²) >= 11 is 0. The van der Waals surface area contributed by atoms with Crippen LogP contribution in [0.4, 0.5) is 18.9 Å². The molecule has 0 saturated heterocycles. The van der Waals surface area contributed by atoms with Crippen LogP contribution in [0.2, 0.25) is 0 Å². The molecule has 1 aromatic carbocycles. The Bertz CT molecular complexity index is 642. The van der Waals surface area contributed by atoms with E-state index >= 15 is 0 Å². The van der Waals surface area contributed by atoms with Crippen LogP contribution in [0.15, 0.2) is 29.8 Å². The number of anilines is 1. The van der Waals surface area contributed by atoms with Crippen LogP contribution in [0.25, 0.3) is 0 Å². The van der Waals surface area contributed by atoms with E-state index in [1.54, 1.807) is 19.1 Å². The predicted molar refractivity (Wildman–Crippen MR) is 95.4 cm³/mol. The number of hydrogen-bond acceptors (Lipinski definition) is 3. The third-order valence-electron chi connectivity index (χ3n) is 4.12. The standard InChI is InChI=1S/C19H25F3N2O2/c1-14-7-8-16(17(11-14)26-13-19(20,21)22)24-12-18(25)23-10-9-15-5-3-2-4-6-15/h5,7-8,11,24H,2-4,6,9-10,12-13H2,1H3,(H,23,25). The summed E-state index contributed by atoms with van der Waals surface area (Å²) < 4.78 is 41.9. The Morgan fingerprint density at radius 3 is 2.77 bits per heavy atom. The molecule has 2 rings (SSSR count). The molecule has 0 bridgehead atoms. The second-order valence-electron chi connectivity index (χ2n) is 6.47. The first-order valence-electron chi connectivity index (χ1n) is 8.82. The van der Waals surface area contributed by atoms with Crippen LogP contribution in [0, 0.1) is 6.92 Å². The van der Waals surface area contributed by atoms with Crippen LogP contribution in [0.5, 0.6) is 5.75 Å². The van der Waals surface area contributed by atoms with Crippen molar-refractivity contribution < 1.29 is 22.7 Å². The number of allylic oxidation sites excluding steroid dienone is 1. The lowest BCUT2D eigenvalue weighted by Gasteiger charge is -2.16. The molecule has 2 N–H and O–H groups in total. The molecule has 0 heterocycles. The highest BCUT2D eigenvalue weighted by Crippen LogP contribution is 2.27. The minimum Gasteiger partial charge on any atom is -0.482 e. The molecule has 0 aliphatic heterocycles. The van der Waals surface area contributed by atoms with Crippen LogP contribution in [-0.2, 0) is 4.79 Å². The fourth-order valence-corrected chi connectivity index (χ4v) is 2.79. The van der Waals surface area contributed by atoms with E-state index in [2.05, 4.69) is 16.7 Å². The summed E-state index contributed by atoms with van der Waals surface area (Å²) in [4.78, 5) is 11.9. The first-order valence-corrected chi connectivity index (χ1v) is 8.82. The molecule has 1 aliphatic rings. The van der Waals surface area contributed by atoms with E-state index in [9.17, 15) is 18.0 Å². The Balaban J connectivity index is 1.80. The van der Waals surface area contributed by atoms with Gasteiger partial charge in [-0.05, 0) is 56.7 Å². The average molecular weight is 370 g/mol. The van der Waals surface area contributed by atoms with Gasteiger partial charge in [0.15, 0.2) is 6.61 Å². The minimum absolute atomic E-state index is 0.0233. The van der Waals surface area contributed by atoms with Gasteiger partial charge in [0, 0.05) is 6.54 Å². The lowest BCUT2D eigenvalue weighted by atomic mass is 9.97. The van der Waals surface area contributed by atoms with E-state index in [-0.39, 0.29) is 18.2 Å². The maximum Gasteiger partial charge on any atom is 0.422 e. The Kier molecular flexibility index (Phi) is 7.36. The molecule has 0 saturated carbocycles. The zero-order valence-corrected chi connectivity index (χ0v) is 14.9. The monoisotopic (exact) mass is 370 g/mol. The molecule has 1 aliphatic carbocycles. The van der Waals surface area contributed by atoms with E-state index in [1.807, 2.05) is 0 Å². The Morgan fingerprint density at radius 2 is 2.08 bits per heavy atom. The van der Waals surface area contributed by atoms with Crippen molar-refractivity contribution in [2.75, 3.05) is 25.0 Å². The van der Waals surface area contributed by atoms with Gasteiger partial charge in [-0.3, -0.25) is 4.79 Å². The summed E-state index contributed by atoms with van der Waals surface area (Å²) in [5.74, 6) is -0.119. The average Bonchev–Trinajstić information content (AvgIpc) is 2.59. The number of carbonyl (C=O) groups excluding carboxylic acids is 1. The molecule has 4 nitrogen and oxygen atoms in total. The highest BCUT2D eigenvalue weighted by molar-refractivity contribution is 5.81. The SMILES string of the molecule is Cc1ccc(NCC(=O)NCCC2=CCCCC2)c(OCC(F)(F)F)c1. The maximum atomic E-state index is 12.4. The van der Waals surface area contributed by atoms with Gasteiger partial charge < -0.3 is 15.4 Å². The molecule has 0 atom stereocenters. The van der Waals surface area contributed by atoms with Crippen LogP contribution in [0.1, 0.15) is 37.7 Å². The summed E-state index contributed by atoms with van der Waals surface area (Å²) in [7, 11) is 0. The number of halogens is 3. The van der Waals surface area contributed by atoms with E-state index < -0.39 is 12.8 Å². The van der Waals surface area contributed by atoms with Gasteiger partial charge in [-0.25, -0.2) is 0 Å². The third kappa shape index (κ3) is 7.37. The number of hydrogen-bond donors (Lipinski definition) is 2. The quantitative estimate of drug-likeness (QED) is 0.669. The Hall–Kier alpha value is -2.18. The second kappa shape index (κ2) is 9.50. The lowest BCUT2D eigenvalue weighted by Crippen LogP contribution is -2.31. The normalized spacial score (nSPS) is 14.5. The number of amides is 1. The Labute approximate surface area is 151 Å². The van der Waals surface area contributed by atoms with Crippen molar-refractivity contribution in [2.45, 2.75) is 45.2 Å². The number of benzene rings is 1. The molecule has 1 aromatic rings. The fraction of sp³-hybridized carbons (Fsp3) is 0.526. The first kappa shape index (κ1) is 20.1. The van der Waals surface area contributed by atoms with Gasteiger partial charge in [0.1, 0.15) is 5.75 Å². The van der Waals surface area contributed by atoms with Crippen LogP contribution in [0.3, 0.4) is 0 Å². The zero-order chi connectivity index (χ0) is 19.0. The zero-order valence-electron chi connectivity index (χ0n) is 14.9. The van der Waals surface area contributed by atoms with Crippen LogP contribution < -0.4 is 15.4 Å². The number of carbonyl (C=O) groups is 1. The molecule has 7 heteroatoms. The van der Waals surface area contributed by atoms with Gasteiger partial charge >= 0.3 is 6.18 Å². The van der Waals surface area contributed by atoms with Crippen molar-refractivity contribution >= 4 is 11.6 Å². The number of alkyl halides is 3. The van der Waals surface area contributed by atoms with Gasteiger partial charge in [-0.1, -0.05) is 17.7 Å². The summed E-state index contributed by atoms with van der Waals surface area (Å²) in [6, 6.07) is 4.87. The molecule has 144 valence electrons. The highest BCUT2D eigenvalue weighted by Gasteiger charge is 2.28. The third-order valence-corrected chi connectivity index (χ3v) is 4.12. The van der Waals surface area contributed by atoms with Crippen LogP contribution >= 0.6 is 0 Å². The topological polar surface area (TPSA) is 50.4 Å². The maximum absolute atomic E-state index is 12.4. The molecule has 1 amide bonds. The number of rotatable bonds is 8. The predicted octanol–water partition coefficient (Wildman–Crippen LogP) is 4.35. The molecular weight excluding hydrogens is 345 g/mol. The van der Waals surface area contributed by atoms with Gasteiger partial charge in [-0.15, -0.1) is 0 Å². The molecule has 0 fully saturated rings. The van der Waals surface area contributed by atoms with E-state index in [0.29, 0.717) is 12.2 Å². The first-order chi connectivity index (χ1) is 12.3. The second-order valence-corrected chi connectivity index (χ2v) is 6.47. The van der Waals surface area contributed by atoms with Gasteiger partial charge in [0.25, 0.3) is 0 Å². The highest BCUT2D eigenvalue weighted by atomic mass is 19.4. The number of ether oxygens (including phenoxy) is 1. The Morgan fingerprint density at radius 1 is 1.27 bits per heavy atom. The van der Waals surface area contributed by atoms with E-state index in [1.165, 1.54) is 24.5 Å². The summed E-state index contributed by atoms with van der Waals surface area (Å²) in [5, 5.41) is 5.67. The van der Waals surface area contributed by atoms with Crippen molar-refractivity contribution in [1.82, 2.24) is 5.32 Å². The molecule has 0 aromatic heterocycles. The summed E-state index contributed by atoms with van der Waals surface area (Å²) in [6.45, 7) is 0.936. The van der Waals surface area contributed by atoms with Gasteiger partial charge in [0.05, 0.1) is 12.2 Å². The number of aryl methyl sites for hydroxylation is 1. The largest absolute Gasteiger partial charge is 0.482 e. The lowest BCUT2D eigenvalue weighted by molar-refractivity contribution is -0.153. The molecule has 0 unspecified atom stereocenters. The fourth-order valence-electron chi connectivity index (χ4n) is 2.79. The smallest absolute Gasteiger partial charge is 0.422 e. The minimum atomic E-state index is -4.41. The van der Waals surface area contributed by atoms with Gasteiger partial charge in [-0.2, -0.15) is 13.2 Å². The molecular formula is C19H25F3N2O2. The van der Waals surface area contributed by atoms with Gasteiger partial charge in [0.2, 0.25) is 5.91 Å². The summed E-state index contributed by atoms with van der Waals surface area (Å²) in [6.07, 6.45) is 3.31. The van der Waals surface area contributed by atoms with Crippen LogP contribution in [-0.4, -0.2) is 31.8 Å². The number of nitrogens with one attached hydrogen (secondary N) is 2. The molecule has 26 heavy (non-hydrogen) atoms. The van der Waals surface area contributed by atoms with Crippen molar-refractivity contribution in [3.8, 4) is 5.75 Å². The summed E-state index contributed by atoms with van der Waals surface area (Å²) in [5.41, 5.74) is 2.52. The van der Waals surface area contributed by atoms with E-state index in [0.717, 1.165) is 24.8 Å². The molecule has 0 spiro atoms. The van der Waals surface area contributed by atoms with Crippen molar-refractivity contribution in [3.63, 3.8) is 0 Å². The van der Waals surface area contributed by atoms with Crippen molar-refractivity contribution in [2.24, 2.45) is 0 Å². The molecule has 0 radical (unpaired) electrons. The van der Waals surface area contributed by atoms with E-state index in [4.69, 9.17) is 4.74 Å². The van der Waals surface area contributed by atoms with Crippen molar-refractivity contribution in [1.29, 1.82) is 0 Å².